The second kappa shape index (κ2) is 7.20. The van der Waals surface area contributed by atoms with E-state index >= 15 is 0 Å². The van der Waals surface area contributed by atoms with Gasteiger partial charge in [-0.2, -0.15) is 0 Å². The average molecular weight is 482 g/mol. The van der Waals surface area contributed by atoms with Crippen molar-refractivity contribution in [3.63, 3.8) is 0 Å². The van der Waals surface area contributed by atoms with E-state index in [9.17, 15) is 1.37 Å². The number of para-hydroxylation sites is 2. The minimum absolute atomic E-state index is 0.0213. The summed E-state index contributed by atoms with van der Waals surface area (Å²) in [6.07, 6.45) is 0. The van der Waals surface area contributed by atoms with Gasteiger partial charge in [0, 0.05) is 36.5 Å². The van der Waals surface area contributed by atoms with Crippen LogP contribution >= 0.6 is 11.3 Å². The van der Waals surface area contributed by atoms with Crippen molar-refractivity contribution >= 4 is 66.0 Å². The predicted octanol–water partition coefficient (Wildman–Crippen LogP) is 7.92. The summed E-state index contributed by atoms with van der Waals surface area (Å²) in [5, 5.41) is 2.31. The lowest BCUT2D eigenvalue weighted by Crippen LogP contribution is -2.41. The Labute approximate surface area is 216 Å². The molecule has 0 saturated carbocycles. The van der Waals surface area contributed by atoms with Crippen molar-refractivity contribution in [1.29, 1.82) is 0 Å². The summed E-state index contributed by atoms with van der Waals surface area (Å²) >= 11 is 1.10. The molecule has 3 heterocycles. The molecule has 35 heavy (non-hydrogen) atoms. The van der Waals surface area contributed by atoms with E-state index in [0.717, 1.165) is 22.1 Å². The monoisotopic (exact) mass is 482 g/mol. The number of hydrogen-bond donors (Lipinski definition) is 0. The van der Waals surface area contributed by atoms with Crippen LogP contribution in [0, 0.1) is 0 Å². The fraction of sp³-hybridized carbons (Fsp3) is 0.200. The van der Waals surface area contributed by atoms with Crippen molar-refractivity contribution in [2.24, 2.45) is 0 Å². The SMILES string of the molecule is [2H]c1c(-c2cccc3c2oc2ccccc23)c([2H])c2c(sc3c([2H])c(B4OC(C)(C)C(C)(C)O4)c([2H])c([2H])c32)c1[2H]. The minimum atomic E-state index is -1.00. The van der Waals surface area contributed by atoms with Crippen LogP contribution in [0.3, 0.4) is 0 Å². The van der Waals surface area contributed by atoms with Crippen molar-refractivity contribution in [2.45, 2.75) is 38.9 Å². The Kier molecular flexibility index (Phi) is 3.25. The molecule has 2 aromatic heterocycles. The highest BCUT2D eigenvalue weighted by Crippen LogP contribution is 2.41. The maximum Gasteiger partial charge on any atom is 0.494 e. The number of fused-ring (bicyclic) bond motifs is 6. The molecule has 1 aliphatic rings. The Bertz CT molecular complexity index is 2080. The topological polar surface area (TPSA) is 31.6 Å². The Hall–Kier alpha value is -3.12. The molecule has 0 spiro atoms. The molecule has 4 aromatic carbocycles. The second-order valence-electron chi connectivity index (χ2n) is 9.92. The Balaban J connectivity index is 1.53. The number of benzene rings is 4. The quantitative estimate of drug-likeness (QED) is 0.235. The molecular formula is C30H25BO3S. The molecule has 6 aromatic rings. The van der Waals surface area contributed by atoms with Crippen molar-refractivity contribution in [3.8, 4) is 11.1 Å². The maximum atomic E-state index is 9.29. The molecule has 0 atom stereocenters. The van der Waals surface area contributed by atoms with Gasteiger partial charge in [-0.3, -0.25) is 0 Å². The number of rotatable bonds is 2. The van der Waals surface area contributed by atoms with Gasteiger partial charge in [0.05, 0.1) is 19.4 Å². The molecule has 7 rings (SSSR count). The van der Waals surface area contributed by atoms with Gasteiger partial charge in [-0.15, -0.1) is 11.3 Å². The van der Waals surface area contributed by atoms with E-state index in [1.807, 2.05) is 64.1 Å². The largest absolute Gasteiger partial charge is 0.494 e. The lowest BCUT2D eigenvalue weighted by molar-refractivity contribution is 0.00578. The van der Waals surface area contributed by atoms with E-state index < -0.39 is 18.3 Å². The summed E-state index contributed by atoms with van der Waals surface area (Å²) in [6, 6.07) is 12.5. The molecule has 3 nitrogen and oxygen atoms in total. The van der Waals surface area contributed by atoms with Crippen LogP contribution in [-0.2, 0) is 9.31 Å². The third kappa shape index (κ3) is 3.12. The smallest absolute Gasteiger partial charge is 0.455 e. The molecule has 172 valence electrons. The van der Waals surface area contributed by atoms with Crippen molar-refractivity contribution in [3.05, 3.63) is 78.7 Å². The van der Waals surface area contributed by atoms with Crippen LogP contribution in [0.25, 0.3) is 53.2 Å². The van der Waals surface area contributed by atoms with E-state index in [2.05, 4.69) is 0 Å². The van der Waals surface area contributed by atoms with Crippen molar-refractivity contribution in [1.82, 2.24) is 0 Å². The van der Waals surface area contributed by atoms with E-state index in [0.29, 0.717) is 31.5 Å². The van der Waals surface area contributed by atoms with Crippen LogP contribution in [-0.4, -0.2) is 18.3 Å². The molecule has 1 aliphatic heterocycles. The summed E-state index contributed by atoms with van der Waals surface area (Å²) in [6.45, 7) is 7.55. The van der Waals surface area contributed by atoms with E-state index in [1.165, 1.54) is 0 Å². The Morgan fingerprint density at radius 3 is 2.34 bits per heavy atom. The highest BCUT2D eigenvalue weighted by atomic mass is 32.1. The van der Waals surface area contributed by atoms with Gasteiger partial charge in [0.2, 0.25) is 0 Å². The summed E-state index contributed by atoms with van der Waals surface area (Å²) < 4.78 is 73.3. The number of hydrogen-bond acceptors (Lipinski definition) is 4. The van der Waals surface area contributed by atoms with E-state index in [-0.39, 0.29) is 52.7 Å². The van der Waals surface area contributed by atoms with Crippen molar-refractivity contribution < 1.29 is 22.0 Å². The predicted molar refractivity (Wildman–Crippen MR) is 148 cm³/mol. The zero-order valence-corrected chi connectivity index (χ0v) is 20.6. The lowest BCUT2D eigenvalue weighted by Gasteiger charge is -2.32. The highest BCUT2D eigenvalue weighted by Gasteiger charge is 2.51. The van der Waals surface area contributed by atoms with Crippen LogP contribution in [0.1, 0.15) is 35.9 Å². The molecule has 1 fully saturated rings. The summed E-state index contributed by atoms with van der Waals surface area (Å²) in [5.74, 6) is 0. The van der Waals surface area contributed by atoms with Crippen molar-refractivity contribution in [2.75, 3.05) is 0 Å². The normalized spacial score (nSPS) is 19.7. The fourth-order valence-corrected chi connectivity index (χ4v) is 5.54. The summed E-state index contributed by atoms with van der Waals surface area (Å²) in [4.78, 5) is 0. The van der Waals surface area contributed by atoms with Gasteiger partial charge < -0.3 is 13.7 Å². The first kappa shape index (κ1) is 15.8. The first-order valence-electron chi connectivity index (χ1n) is 14.6. The van der Waals surface area contributed by atoms with E-state index in [1.54, 1.807) is 6.07 Å². The lowest BCUT2D eigenvalue weighted by atomic mass is 9.79. The Morgan fingerprint density at radius 1 is 0.743 bits per heavy atom. The third-order valence-electron chi connectivity index (χ3n) is 7.19. The molecule has 1 saturated heterocycles. The van der Waals surface area contributed by atoms with Gasteiger partial charge in [0.1, 0.15) is 11.2 Å². The fourth-order valence-electron chi connectivity index (χ4n) is 4.56. The van der Waals surface area contributed by atoms with Gasteiger partial charge in [-0.1, -0.05) is 54.5 Å². The number of furan rings is 1. The minimum Gasteiger partial charge on any atom is -0.455 e. The maximum absolute atomic E-state index is 9.29. The van der Waals surface area contributed by atoms with Crippen LogP contribution in [0.4, 0.5) is 0 Å². The second-order valence-corrected chi connectivity index (χ2v) is 10.9. The van der Waals surface area contributed by atoms with Crippen LogP contribution in [0.15, 0.2) is 83.1 Å². The molecule has 0 unspecified atom stereocenters. The summed E-state index contributed by atoms with van der Waals surface area (Å²) in [7, 11) is -1.00. The molecule has 0 amide bonds. The number of thiophene rings is 1. The van der Waals surface area contributed by atoms with Crippen LogP contribution in [0.5, 0.6) is 0 Å². The molecule has 0 radical (unpaired) electrons. The average Bonchev–Trinajstić information content (AvgIpc) is 3.56. The molecule has 0 bridgehead atoms. The zero-order chi connectivity index (χ0) is 29.2. The van der Waals surface area contributed by atoms with E-state index in [4.69, 9.17) is 20.6 Å². The van der Waals surface area contributed by atoms with Gasteiger partial charge >= 0.3 is 7.12 Å². The van der Waals surface area contributed by atoms with Gasteiger partial charge in [0.25, 0.3) is 0 Å². The molecule has 5 heteroatoms. The first-order chi connectivity index (χ1) is 19.3. The standard InChI is InChI=1S/C30H25BO3S/c1-29(2)30(3,4)34-31(33-29)19-13-14-22-24-16-18(12-15-26(24)35-27(22)17-19)20-9-7-10-23-21-8-5-6-11-25(21)32-28(20)23/h5-17H,1-4H3/i12D,13D,14D,15D,16D,17D. The van der Waals surface area contributed by atoms with Crippen LogP contribution < -0.4 is 5.46 Å². The van der Waals surface area contributed by atoms with Crippen LogP contribution in [0.2, 0.25) is 0 Å². The molecule has 0 aliphatic carbocycles. The van der Waals surface area contributed by atoms with Gasteiger partial charge in [0.15, 0.2) is 0 Å². The third-order valence-corrected chi connectivity index (χ3v) is 8.21. The van der Waals surface area contributed by atoms with Gasteiger partial charge in [-0.25, -0.2) is 0 Å². The molecular weight excluding hydrogens is 451 g/mol. The first-order valence-corrected chi connectivity index (χ1v) is 12.4. The zero-order valence-electron chi connectivity index (χ0n) is 25.8. The molecule has 0 N–H and O–H groups in total. The van der Waals surface area contributed by atoms with Gasteiger partial charge in [-0.05, 0) is 62.9 Å². The summed E-state index contributed by atoms with van der Waals surface area (Å²) in [5.41, 5.74) is 0.712. The highest BCUT2D eigenvalue weighted by molar-refractivity contribution is 7.25. The Morgan fingerprint density at radius 2 is 1.51 bits per heavy atom.